The molecular formula is C21H19FN2O3S. The average Bonchev–Trinajstić information content (AvgIpc) is 3.21. The quantitative estimate of drug-likeness (QED) is 0.704. The summed E-state index contributed by atoms with van der Waals surface area (Å²) in [5.41, 5.74) is 2.79. The first-order valence-electron chi connectivity index (χ1n) is 8.86. The third kappa shape index (κ3) is 3.27. The SMILES string of the molecule is COc1ccc(-c2nc(C)c(C(=O)N[C@H]3c4ccccc4C[C@H]3O)s2)c(F)c1. The van der Waals surface area contributed by atoms with Gasteiger partial charge < -0.3 is 15.2 Å². The summed E-state index contributed by atoms with van der Waals surface area (Å²) in [5, 5.41) is 13.7. The first kappa shape index (κ1) is 18.6. The molecule has 0 unspecified atom stereocenters. The zero-order chi connectivity index (χ0) is 19.8. The fourth-order valence-electron chi connectivity index (χ4n) is 3.47. The minimum atomic E-state index is -0.673. The zero-order valence-corrected chi connectivity index (χ0v) is 16.2. The number of fused-ring (bicyclic) bond motifs is 1. The number of thiazole rings is 1. The van der Waals surface area contributed by atoms with Gasteiger partial charge in [-0.05, 0) is 30.2 Å². The smallest absolute Gasteiger partial charge is 0.263 e. The van der Waals surface area contributed by atoms with Crippen molar-refractivity contribution >= 4 is 17.2 Å². The van der Waals surface area contributed by atoms with Crippen molar-refractivity contribution in [3.8, 4) is 16.3 Å². The van der Waals surface area contributed by atoms with Crippen LogP contribution in [0.3, 0.4) is 0 Å². The molecule has 2 aromatic carbocycles. The number of benzene rings is 2. The van der Waals surface area contributed by atoms with E-state index < -0.39 is 18.0 Å². The summed E-state index contributed by atoms with van der Waals surface area (Å²) in [6.45, 7) is 1.72. The van der Waals surface area contributed by atoms with Crippen molar-refractivity contribution in [1.82, 2.24) is 10.3 Å². The van der Waals surface area contributed by atoms with E-state index in [0.717, 1.165) is 22.5 Å². The monoisotopic (exact) mass is 398 g/mol. The van der Waals surface area contributed by atoms with Crippen molar-refractivity contribution in [2.24, 2.45) is 0 Å². The van der Waals surface area contributed by atoms with E-state index in [1.807, 2.05) is 24.3 Å². The standard InChI is InChI=1S/C21H19FN2O3S/c1-11-19(28-21(23-11)15-8-7-13(27-2)10-16(15)22)20(26)24-18-14-6-4-3-5-12(14)9-17(18)25/h3-8,10,17-18,25H,9H2,1-2H3,(H,24,26)/t17-,18+/m1/s1. The number of carbonyl (C=O) groups excluding carboxylic acids is 1. The molecule has 0 aliphatic heterocycles. The van der Waals surface area contributed by atoms with E-state index in [0.29, 0.717) is 33.3 Å². The van der Waals surface area contributed by atoms with E-state index in [9.17, 15) is 14.3 Å². The molecule has 4 rings (SSSR count). The number of aryl methyl sites for hydroxylation is 1. The maximum atomic E-state index is 14.4. The summed E-state index contributed by atoms with van der Waals surface area (Å²) in [5.74, 6) is -0.363. The molecule has 0 bridgehead atoms. The molecule has 1 aliphatic carbocycles. The van der Waals surface area contributed by atoms with Crippen LogP contribution in [0.5, 0.6) is 5.75 Å². The fourth-order valence-corrected chi connectivity index (χ4v) is 4.47. The van der Waals surface area contributed by atoms with Crippen molar-refractivity contribution in [3.05, 3.63) is 70.0 Å². The van der Waals surface area contributed by atoms with Gasteiger partial charge in [0.05, 0.1) is 24.9 Å². The lowest BCUT2D eigenvalue weighted by atomic mass is 10.1. The molecule has 28 heavy (non-hydrogen) atoms. The molecule has 3 aromatic rings. The van der Waals surface area contributed by atoms with E-state index in [2.05, 4.69) is 10.3 Å². The summed E-state index contributed by atoms with van der Waals surface area (Å²) in [7, 11) is 1.47. The Morgan fingerprint density at radius 1 is 1.32 bits per heavy atom. The highest BCUT2D eigenvalue weighted by Gasteiger charge is 2.33. The van der Waals surface area contributed by atoms with E-state index in [1.165, 1.54) is 13.2 Å². The van der Waals surface area contributed by atoms with Gasteiger partial charge in [0.15, 0.2) is 0 Å². The molecule has 0 spiro atoms. The molecule has 0 saturated heterocycles. The van der Waals surface area contributed by atoms with Crippen LogP contribution in [0.25, 0.3) is 10.6 Å². The molecule has 0 fully saturated rings. The highest BCUT2D eigenvalue weighted by atomic mass is 32.1. The summed E-state index contributed by atoms with van der Waals surface area (Å²) < 4.78 is 19.4. The highest BCUT2D eigenvalue weighted by Crippen LogP contribution is 2.34. The number of aliphatic hydroxyl groups is 1. The molecule has 7 heteroatoms. The Hall–Kier alpha value is -2.77. The van der Waals surface area contributed by atoms with Crippen molar-refractivity contribution in [1.29, 1.82) is 0 Å². The second-order valence-electron chi connectivity index (χ2n) is 6.70. The lowest BCUT2D eigenvalue weighted by Crippen LogP contribution is -2.33. The minimum Gasteiger partial charge on any atom is -0.497 e. The van der Waals surface area contributed by atoms with Gasteiger partial charge in [-0.15, -0.1) is 11.3 Å². The molecule has 1 aliphatic rings. The Kier molecular flexibility index (Phi) is 4.87. The Bertz CT molecular complexity index is 1050. The number of hydrogen-bond acceptors (Lipinski definition) is 5. The van der Waals surface area contributed by atoms with Gasteiger partial charge in [-0.3, -0.25) is 4.79 Å². The summed E-state index contributed by atoms with van der Waals surface area (Å²) in [6.07, 6.45) is -0.168. The number of aromatic nitrogens is 1. The first-order valence-corrected chi connectivity index (χ1v) is 9.67. The number of nitrogens with one attached hydrogen (secondary N) is 1. The molecular weight excluding hydrogens is 379 g/mol. The number of carbonyl (C=O) groups is 1. The topological polar surface area (TPSA) is 71.5 Å². The van der Waals surface area contributed by atoms with Crippen LogP contribution < -0.4 is 10.1 Å². The van der Waals surface area contributed by atoms with Crippen LogP contribution in [-0.4, -0.2) is 29.2 Å². The van der Waals surface area contributed by atoms with E-state index in [-0.39, 0.29) is 5.91 Å². The predicted molar refractivity (Wildman–Crippen MR) is 105 cm³/mol. The number of aliphatic hydroxyl groups excluding tert-OH is 1. The second-order valence-corrected chi connectivity index (χ2v) is 7.70. The van der Waals surface area contributed by atoms with Gasteiger partial charge in [-0.1, -0.05) is 24.3 Å². The van der Waals surface area contributed by atoms with E-state index >= 15 is 0 Å². The van der Waals surface area contributed by atoms with Crippen molar-refractivity contribution in [2.75, 3.05) is 7.11 Å². The van der Waals surface area contributed by atoms with Gasteiger partial charge in [0.1, 0.15) is 21.5 Å². The third-order valence-electron chi connectivity index (χ3n) is 4.90. The Balaban J connectivity index is 1.60. The number of halogens is 1. The first-order chi connectivity index (χ1) is 13.5. The molecule has 2 atom stereocenters. The molecule has 5 nitrogen and oxygen atoms in total. The number of amides is 1. The van der Waals surface area contributed by atoms with Crippen LogP contribution in [-0.2, 0) is 6.42 Å². The number of ether oxygens (including phenoxy) is 1. The number of methoxy groups -OCH3 is 1. The van der Waals surface area contributed by atoms with Gasteiger partial charge in [-0.2, -0.15) is 0 Å². The van der Waals surface area contributed by atoms with Crippen molar-refractivity contribution < 1.29 is 19.0 Å². The lowest BCUT2D eigenvalue weighted by molar-refractivity contribution is 0.0861. The predicted octanol–water partition coefficient (Wildman–Crippen LogP) is 3.65. The minimum absolute atomic E-state index is 0.319. The van der Waals surface area contributed by atoms with Gasteiger partial charge in [0.25, 0.3) is 5.91 Å². The van der Waals surface area contributed by atoms with Gasteiger partial charge in [0.2, 0.25) is 0 Å². The maximum absolute atomic E-state index is 14.4. The molecule has 2 N–H and O–H groups in total. The number of rotatable bonds is 4. The van der Waals surface area contributed by atoms with Gasteiger partial charge in [0, 0.05) is 18.1 Å². The van der Waals surface area contributed by atoms with Crippen LogP contribution in [0.2, 0.25) is 0 Å². The normalized spacial score (nSPS) is 18.0. The van der Waals surface area contributed by atoms with Crippen molar-refractivity contribution in [3.63, 3.8) is 0 Å². The lowest BCUT2D eigenvalue weighted by Gasteiger charge is -2.17. The largest absolute Gasteiger partial charge is 0.497 e. The summed E-state index contributed by atoms with van der Waals surface area (Å²) >= 11 is 1.13. The van der Waals surface area contributed by atoms with Crippen LogP contribution in [0.4, 0.5) is 4.39 Å². The Morgan fingerprint density at radius 3 is 2.86 bits per heavy atom. The summed E-state index contributed by atoms with van der Waals surface area (Å²) in [4.78, 5) is 17.6. The zero-order valence-electron chi connectivity index (χ0n) is 15.4. The third-order valence-corrected chi connectivity index (χ3v) is 6.09. The van der Waals surface area contributed by atoms with Gasteiger partial charge in [-0.25, -0.2) is 9.37 Å². The average molecular weight is 398 g/mol. The van der Waals surface area contributed by atoms with Crippen LogP contribution in [0.1, 0.15) is 32.5 Å². The van der Waals surface area contributed by atoms with Crippen LogP contribution in [0.15, 0.2) is 42.5 Å². The van der Waals surface area contributed by atoms with Crippen LogP contribution in [0, 0.1) is 12.7 Å². The Morgan fingerprint density at radius 2 is 2.11 bits per heavy atom. The van der Waals surface area contributed by atoms with E-state index in [1.54, 1.807) is 19.1 Å². The highest BCUT2D eigenvalue weighted by molar-refractivity contribution is 7.17. The molecule has 0 radical (unpaired) electrons. The number of nitrogens with zero attached hydrogens (tertiary/aromatic N) is 1. The van der Waals surface area contributed by atoms with E-state index in [4.69, 9.17) is 4.74 Å². The Labute approximate surface area is 165 Å². The molecule has 1 amide bonds. The fraction of sp³-hybridized carbons (Fsp3) is 0.238. The second kappa shape index (κ2) is 7.33. The molecule has 0 saturated carbocycles. The van der Waals surface area contributed by atoms with Crippen LogP contribution >= 0.6 is 11.3 Å². The molecule has 144 valence electrons. The summed E-state index contributed by atoms with van der Waals surface area (Å²) in [6, 6.07) is 11.7. The van der Waals surface area contributed by atoms with Crippen molar-refractivity contribution in [2.45, 2.75) is 25.5 Å². The molecule has 1 heterocycles. The number of hydrogen-bond donors (Lipinski definition) is 2. The van der Waals surface area contributed by atoms with Gasteiger partial charge >= 0.3 is 0 Å². The molecule has 1 aromatic heterocycles. The maximum Gasteiger partial charge on any atom is 0.263 e.